The Balaban J connectivity index is 4.64. The second-order valence-electron chi connectivity index (χ2n) is 13.1. The van der Waals surface area contributed by atoms with Crippen molar-refractivity contribution in [3.63, 3.8) is 0 Å². The number of carbonyl (C=O) groups is 3. The summed E-state index contributed by atoms with van der Waals surface area (Å²) in [6.07, 6.45) is 15.9. The van der Waals surface area contributed by atoms with E-state index in [0.717, 1.165) is 64.2 Å². The summed E-state index contributed by atoms with van der Waals surface area (Å²) in [5, 5.41) is 9.84. The predicted octanol–water partition coefficient (Wildman–Crippen LogP) is 8.88. The molecule has 2 unspecified atom stereocenters. The smallest absolute Gasteiger partial charge is 0.320 e. The average molecular weight is 541 g/mol. The van der Waals surface area contributed by atoms with E-state index in [4.69, 9.17) is 9.47 Å². The zero-order valence-electron chi connectivity index (χ0n) is 26.0. The normalized spacial score (nSPS) is 13.8. The third-order valence-corrected chi connectivity index (χ3v) is 6.83. The van der Waals surface area contributed by atoms with Crippen molar-refractivity contribution < 1.29 is 29.0 Å². The number of carbonyl (C=O) groups excluding carboxylic acids is 2. The highest BCUT2D eigenvalue weighted by molar-refractivity contribution is 5.95. The summed E-state index contributed by atoms with van der Waals surface area (Å²) in [6, 6.07) is 0. The summed E-state index contributed by atoms with van der Waals surface area (Å²) in [7, 11) is 0. The Bertz CT molecular complexity index is 630. The molecule has 0 heterocycles. The van der Waals surface area contributed by atoms with Gasteiger partial charge in [-0.2, -0.15) is 0 Å². The molecule has 0 aromatic rings. The van der Waals surface area contributed by atoms with Crippen LogP contribution in [0.3, 0.4) is 0 Å². The van der Waals surface area contributed by atoms with Crippen molar-refractivity contribution in [3.05, 3.63) is 0 Å². The molecule has 224 valence electrons. The van der Waals surface area contributed by atoms with E-state index in [-0.39, 0.29) is 5.92 Å². The van der Waals surface area contributed by atoms with Crippen LogP contribution in [0.4, 0.5) is 0 Å². The van der Waals surface area contributed by atoms with Gasteiger partial charge in [0.05, 0.1) is 5.92 Å². The van der Waals surface area contributed by atoms with Crippen LogP contribution >= 0.6 is 0 Å². The van der Waals surface area contributed by atoms with Gasteiger partial charge < -0.3 is 14.6 Å². The number of ether oxygens (including phenoxy) is 2. The molecule has 0 saturated carbocycles. The standard InChI is InChI=1S/C32H60O6/c1-9-11-13-17-21-25(20-12-10-2)24-26(28(33)34)22-18-15-14-16-19-23-27(29(35)37-31(3,4)5)30(36)38-32(6,7)8/h25-27H,9-24H2,1-8H3,(H,33,34). The second kappa shape index (κ2) is 19.5. The lowest BCUT2D eigenvalue weighted by molar-refractivity contribution is -0.174. The molecule has 0 bridgehead atoms. The molecule has 2 atom stereocenters. The molecule has 0 saturated heterocycles. The molecule has 0 spiro atoms. The maximum absolute atomic E-state index is 12.7. The van der Waals surface area contributed by atoms with Crippen molar-refractivity contribution >= 4 is 17.9 Å². The summed E-state index contributed by atoms with van der Waals surface area (Å²) in [6.45, 7) is 15.2. The number of carboxylic acids is 1. The third kappa shape index (κ3) is 19.5. The monoisotopic (exact) mass is 540 g/mol. The van der Waals surface area contributed by atoms with Crippen molar-refractivity contribution in [2.45, 2.75) is 169 Å². The third-order valence-electron chi connectivity index (χ3n) is 6.83. The van der Waals surface area contributed by atoms with Crippen molar-refractivity contribution in [3.8, 4) is 0 Å². The fourth-order valence-electron chi connectivity index (χ4n) is 4.82. The molecule has 6 nitrogen and oxygen atoms in total. The van der Waals surface area contributed by atoms with Crippen LogP contribution in [0.1, 0.15) is 158 Å². The molecule has 0 aliphatic heterocycles. The van der Waals surface area contributed by atoms with Gasteiger partial charge in [0.2, 0.25) is 0 Å². The minimum absolute atomic E-state index is 0.258. The number of hydrogen-bond acceptors (Lipinski definition) is 5. The van der Waals surface area contributed by atoms with Gasteiger partial charge in [-0.25, -0.2) is 0 Å². The quantitative estimate of drug-likeness (QED) is 0.0888. The zero-order valence-corrected chi connectivity index (χ0v) is 26.0. The van der Waals surface area contributed by atoms with Gasteiger partial charge in [-0.05, 0) is 66.7 Å². The largest absolute Gasteiger partial charge is 0.481 e. The molecule has 38 heavy (non-hydrogen) atoms. The molecular formula is C32H60O6. The number of unbranched alkanes of at least 4 members (excludes halogenated alkanes) is 8. The fraction of sp³-hybridized carbons (Fsp3) is 0.906. The summed E-state index contributed by atoms with van der Waals surface area (Å²) >= 11 is 0. The first kappa shape index (κ1) is 36.4. The van der Waals surface area contributed by atoms with E-state index in [0.29, 0.717) is 12.3 Å². The van der Waals surface area contributed by atoms with Crippen LogP contribution in [0.25, 0.3) is 0 Å². The number of hydrogen-bond donors (Lipinski definition) is 1. The Morgan fingerprint density at radius 2 is 1.03 bits per heavy atom. The highest BCUT2D eigenvalue weighted by atomic mass is 16.6. The van der Waals surface area contributed by atoms with Gasteiger partial charge in [0, 0.05) is 0 Å². The van der Waals surface area contributed by atoms with Gasteiger partial charge in [-0.15, -0.1) is 0 Å². The minimum Gasteiger partial charge on any atom is -0.481 e. The summed E-state index contributed by atoms with van der Waals surface area (Å²) in [5.41, 5.74) is -1.33. The highest BCUT2D eigenvalue weighted by Gasteiger charge is 2.34. The van der Waals surface area contributed by atoms with Crippen molar-refractivity contribution in [1.82, 2.24) is 0 Å². The predicted molar refractivity (Wildman–Crippen MR) is 155 cm³/mol. The Morgan fingerprint density at radius 1 is 0.605 bits per heavy atom. The second-order valence-corrected chi connectivity index (χ2v) is 13.1. The fourth-order valence-corrected chi connectivity index (χ4v) is 4.82. The lowest BCUT2D eigenvalue weighted by Crippen LogP contribution is -2.36. The zero-order chi connectivity index (χ0) is 29.2. The van der Waals surface area contributed by atoms with E-state index < -0.39 is 35.0 Å². The molecule has 0 rings (SSSR count). The Kier molecular flexibility index (Phi) is 18.7. The molecule has 6 heteroatoms. The molecule has 0 fully saturated rings. The van der Waals surface area contributed by atoms with Gasteiger partial charge in [0.1, 0.15) is 11.2 Å². The van der Waals surface area contributed by atoms with Gasteiger partial charge >= 0.3 is 17.9 Å². The van der Waals surface area contributed by atoms with Gasteiger partial charge in [-0.3, -0.25) is 14.4 Å². The Hall–Kier alpha value is -1.59. The van der Waals surface area contributed by atoms with E-state index in [9.17, 15) is 19.5 Å². The molecule has 0 aromatic heterocycles. The molecule has 0 aliphatic carbocycles. The highest BCUT2D eigenvalue weighted by Crippen LogP contribution is 2.28. The van der Waals surface area contributed by atoms with Crippen molar-refractivity contribution in [1.29, 1.82) is 0 Å². The van der Waals surface area contributed by atoms with Gasteiger partial charge in [0.15, 0.2) is 5.92 Å². The number of rotatable bonds is 21. The lowest BCUT2D eigenvalue weighted by atomic mass is 9.84. The van der Waals surface area contributed by atoms with Gasteiger partial charge in [-0.1, -0.05) is 97.3 Å². The van der Waals surface area contributed by atoms with Crippen molar-refractivity contribution in [2.75, 3.05) is 0 Å². The maximum Gasteiger partial charge on any atom is 0.320 e. The number of carboxylic acid groups (broad SMARTS) is 1. The van der Waals surface area contributed by atoms with Crippen LogP contribution in [0.5, 0.6) is 0 Å². The first-order valence-corrected chi connectivity index (χ1v) is 15.4. The summed E-state index contributed by atoms with van der Waals surface area (Å²) in [5.74, 6) is -2.36. The van der Waals surface area contributed by atoms with Crippen LogP contribution in [0, 0.1) is 17.8 Å². The van der Waals surface area contributed by atoms with E-state index in [2.05, 4.69) is 13.8 Å². The van der Waals surface area contributed by atoms with Crippen LogP contribution in [-0.2, 0) is 23.9 Å². The van der Waals surface area contributed by atoms with Gasteiger partial charge in [0.25, 0.3) is 0 Å². The number of esters is 2. The van der Waals surface area contributed by atoms with Crippen molar-refractivity contribution in [2.24, 2.45) is 17.8 Å². The summed E-state index contributed by atoms with van der Waals surface area (Å²) in [4.78, 5) is 37.3. The maximum atomic E-state index is 12.7. The van der Waals surface area contributed by atoms with Crippen LogP contribution in [0.2, 0.25) is 0 Å². The summed E-state index contributed by atoms with van der Waals surface area (Å²) < 4.78 is 11.0. The molecular weight excluding hydrogens is 480 g/mol. The first-order chi connectivity index (χ1) is 17.7. The molecule has 0 amide bonds. The Labute approximate surface area is 234 Å². The van der Waals surface area contributed by atoms with Crippen LogP contribution < -0.4 is 0 Å². The number of aliphatic carboxylic acids is 1. The Morgan fingerprint density at radius 3 is 1.50 bits per heavy atom. The topological polar surface area (TPSA) is 89.9 Å². The van der Waals surface area contributed by atoms with E-state index >= 15 is 0 Å². The molecule has 0 radical (unpaired) electrons. The van der Waals surface area contributed by atoms with E-state index in [1.165, 1.54) is 32.1 Å². The lowest BCUT2D eigenvalue weighted by Gasteiger charge is -2.26. The SMILES string of the molecule is CCCCCCC(CCCC)CC(CCCCCCCC(C(=O)OC(C)(C)C)C(=O)OC(C)(C)C)C(=O)O. The van der Waals surface area contributed by atoms with Crippen LogP contribution in [-0.4, -0.2) is 34.2 Å². The first-order valence-electron chi connectivity index (χ1n) is 15.4. The van der Waals surface area contributed by atoms with E-state index in [1.54, 1.807) is 41.5 Å². The van der Waals surface area contributed by atoms with Crippen LogP contribution in [0.15, 0.2) is 0 Å². The minimum atomic E-state index is -0.915. The molecule has 1 N–H and O–H groups in total. The molecule has 0 aromatic carbocycles. The molecule has 0 aliphatic rings. The average Bonchev–Trinajstić information content (AvgIpc) is 2.77. The van der Waals surface area contributed by atoms with E-state index in [1.807, 2.05) is 0 Å².